The van der Waals surface area contributed by atoms with Crippen molar-refractivity contribution in [3.05, 3.63) is 0 Å². The molecule has 1 saturated heterocycles. The first-order chi connectivity index (χ1) is 13.2. The van der Waals surface area contributed by atoms with Crippen molar-refractivity contribution in [3.63, 3.8) is 0 Å². The van der Waals surface area contributed by atoms with E-state index in [9.17, 15) is 5.11 Å². The quantitative estimate of drug-likeness (QED) is 0.254. The van der Waals surface area contributed by atoms with E-state index in [0.29, 0.717) is 19.2 Å². The number of aliphatic hydroxyl groups excluding tert-OH is 1. The molecule has 2 unspecified atom stereocenters. The van der Waals surface area contributed by atoms with Gasteiger partial charge in [-0.15, -0.1) is 24.0 Å². The van der Waals surface area contributed by atoms with Crippen LogP contribution in [0.2, 0.25) is 0 Å². The first-order valence-electron chi connectivity index (χ1n) is 11.3. The zero-order chi connectivity index (χ0) is 18.9. The maximum atomic E-state index is 10.1. The SMILES string of the molecule is CCNC(=NCC(O)COCC1CC1)NC1CCCN(C2CCCCC2)C1.I. The van der Waals surface area contributed by atoms with Crippen LogP contribution < -0.4 is 10.6 Å². The number of aliphatic hydroxyl groups is 1. The molecule has 0 spiro atoms. The number of ether oxygens (including phenoxy) is 1. The van der Waals surface area contributed by atoms with Gasteiger partial charge in [0.25, 0.3) is 0 Å². The van der Waals surface area contributed by atoms with Crippen LogP contribution in [0, 0.1) is 5.92 Å². The first-order valence-corrected chi connectivity index (χ1v) is 11.3. The van der Waals surface area contributed by atoms with Gasteiger partial charge >= 0.3 is 0 Å². The van der Waals surface area contributed by atoms with Crippen LogP contribution in [0.5, 0.6) is 0 Å². The fourth-order valence-corrected chi connectivity index (χ4v) is 4.32. The van der Waals surface area contributed by atoms with E-state index >= 15 is 0 Å². The van der Waals surface area contributed by atoms with Crippen molar-refractivity contribution in [1.82, 2.24) is 15.5 Å². The minimum atomic E-state index is -0.524. The van der Waals surface area contributed by atoms with E-state index in [4.69, 9.17) is 4.74 Å². The van der Waals surface area contributed by atoms with Crippen LogP contribution in [0.15, 0.2) is 4.99 Å². The largest absolute Gasteiger partial charge is 0.389 e. The first kappa shape index (κ1) is 24.2. The minimum absolute atomic E-state index is 0. The van der Waals surface area contributed by atoms with E-state index in [1.807, 2.05) is 0 Å². The van der Waals surface area contributed by atoms with E-state index in [0.717, 1.165) is 37.6 Å². The summed E-state index contributed by atoms with van der Waals surface area (Å²) in [7, 11) is 0. The highest BCUT2D eigenvalue weighted by molar-refractivity contribution is 14.0. The Hall–Kier alpha value is -0.120. The summed E-state index contributed by atoms with van der Waals surface area (Å²) >= 11 is 0. The number of hydrogen-bond donors (Lipinski definition) is 3. The third kappa shape index (κ3) is 8.71. The van der Waals surface area contributed by atoms with Gasteiger partial charge in [0.1, 0.15) is 0 Å². The van der Waals surface area contributed by atoms with Gasteiger partial charge in [0.15, 0.2) is 5.96 Å². The Morgan fingerprint density at radius 2 is 1.93 bits per heavy atom. The van der Waals surface area contributed by atoms with E-state index in [2.05, 4.69) is 27.4 Å². The molecular weight excluding hydrogens is 467 g/mol. The number of piperidine rings is 1. The van der Waals surface area contributed by atoms with Gasteiger partial charge < -0.3 is 20.5 Å². The van der Waals surface area contributed by atoms with Crippen molar-refractivity contribution >= 4 is 29.9 Å². The standard InChI is InChI=1S/C21H40N4O2.HI/c1-2-22-21(23-13-20(26)16-27-15-17-10-11-17)24-18-7-6-12-25(14-18)19-8-4-3-5-9-19;/h17-20,26H,2-16H2,1H3,(H2,22,23,24);1H. The Kier molecular flexibility index (Phi) is 11.4. The van der Waals surface area contributed by atoms with Crippen molar-refractivity contribution in [1.29, 1.82) is 0 Å². The van der Waals surface area contributed by atoms with Gasteiger partial charge in [-0.2, -0.15) is 0 Å². The van der Waals surface area contributed by atoms with Crippen LogP contribution in [-0.4, -0.2) is 73.5 Å². The Balaban J connectivity index is 0.00000280. The molecule has 1 aliphatic heterocycles. The lowest BCUT2D eigenvalue weighted by Gasteiger charge is -2.40. The number of guanidine groups is 1. The van der Waals surface area contributed by atoms with Crippen LogP contribution >= 0.6 is 24.0 Å². The van der Waals surface area contributed by atoms with Crippen LogP contribution in [0.25, 0.3) is 0 Å². The maximum absolute atomic E-state index is 10.1. The fraction of sp³-hybridized carbons (Fsp3) is 0.952. The zero-order valence-electron chi connectivity index (χ0n) is 17.6. The highest BCUT2D eigenvalue weighted by Crippen LogP contribution is 2.28. The lowest BCUT2D eigenvalue weighted by atomic mass is 9.92. The van der Waals surface area contributed by atoms with Crippen LogP contribution in [0.4, 0.5) is 0 Å². The number of likely N-dealkylation sites (tertiary alicyclic amines) is 1. The molecule has 28 heavy (non-hydrogen) atoms. The summed E-state index contributed by atoms with van der Waals surface area (Å²) in [6.45, 7) is 6.84. The van der Waals surface area contributed by atoms with Gasteiger partial charge in [-0.25, -0.2) is 0 Å². The average molecular weight is 508 g/mol. The number of hydrogen-bond acceptors (Lipinski definition) is 4. The predicted molar refractivity (Wildman–Crippen MR) is 126 cm³/mol. The van der Waals surface area contributed by atoms with Gasteiger partial charge in [-0.05, 0) is 57.9 Å². The highest BCUT2D eigenvalue weighted by Gasteiger charge is 2.27. The van der Waals surface area contributed by atoms with Crippen LogP contribution in [-0.2, 0) is 4.74 Å². The number of nitrogens with zero attached hydrogens (tertiary/aromatic N) is 2. The van der Waals surface area contributed by atoms with Gasteiger partial charge in [-0.3, -0.25) is 9.89 Å². The van der Waals surface area contributed by atoms with Crippen molar-refractivity contribution in [2.75, 3.05) is 39.4 Å². The molecule has 0 aromatic carbocycles. The molecule has 1 heterocycles. The molecule has 0 bridgehead atoms. The zero-order valence-corrected chi connectivity index (χ0v) is 19.9. The molecule has 3 aliphatic rings. The van der Waals surface area contributed by atoms with Gasteiger partial charge in [-0.1, -0.05) is 19.3 Å². The normalized spacial score (nSPS) is 25.8. The molecule has 3 N–H and O–H groups in total. The second-order valence-corrected chi connectivity index (χ2v) is 8.62. The highest BCUT2D eigenvalue weighted by atomic mass is 127. The fourth-order valence-electron chi connectivity index (χ4n) is 4.32. The van der Waals surface area contributed by atoms with Crippen molar-refractivity contribution < 1.29 is 9.84 Å². The van der Waals surface area contributed by atoms with E-state index in [-0.39, 0.29) is 24.0 Å². The Labute approximate surface area is 188 Å². The van der Waals surface area contributed by atoms with Crippen molar-refractivity contribution in [2.45, 2.75) is 82.9 Å². The van der Waals surface area contributed by atoms with Crippen molar-refractivity contribution in [3.8, 4) is 0 Å². The average Bonchev–Trinajstić information content (AvgIpc) is 3.52. The molecule has 3 rings (SSSR count). The summed E-state index contributed by atoms with van der Waals surface area (Å²) in [5.41, 5.74) is 0. The van der Waals surface area contributed by atoms with Gasteiger partial charge in [0.05, 0.1) is 19.3 Å². The van der Waals surface area contributed by atoms with Crippen LogP contribution in [0.3, 0.4) is 0 Å². The number of halogens is 1. The summed E-state index contributed by atoms with van der Waals surface area (Å²) in [4.78, 5) is 7.30. The molecule has 164 valence electrons. The molecule has 3 fully saturated rings. The molecule has 0 aromatic rings. The second kappa shape index (κ2) is 13.2. The number of rotatable bonds is 9. The second-order valence-electron chi connectivity index (χ2n) is 8.62. The van der Waals surface area contributed by atoms with Gasteiger partial charge in [0, 0.05) is 31.8 Å². The van der Waals surface area contributed by atoms with E-state index < -0.39 is 6.10 Å². The summed E-state index contributed by atoms with van der Waals surface area (Å²) in [5, 5.41) is 17.1. The minimum Gasteiger partial charge on any atom is -0.389 e. The Morgan fingerprint density at radius 3 is 2.64 bits per heavy atom. The molecule has 6 nitrogen and oxygen atoms in total. The van der Waals surface area contributed by atoms with E-state index in [1.165, 1.54) is 64.3 Å². The summed E-state index contributed by atoms with van der Waals surface area (Å²) in [6.07, 6.45) is 11.4. The third-order valence-corrected chi connectivity index (χ3v) is 6.05. The lowest BCUT2D eigenvalue weighted by molar-refractivity contribution is 0.0368. The Morgan fingerprint density at radius 1 is 1.14 bits per heavy atom. The molecule has 2 aliphatic carbocycles. The molecule has 0 aromatic heterocycles. The molecular formula is C21H41IN4O2. The topological polar surface area (TPSA) is 69.1 Å². The molecule has 0 radical (unpaired) electrons. The maximum Gasteiger partial charge on any atom is 0.191 e. The van der Waals surface area contributed by atoms with Crippen LogP contribution in [0.1, 0.15) is 64.7 Å². The predicted octanol–water partition coefficient (Wildman–Crippen LogP) is 2.74. The summed E-state index contributed by atoms with van der Waals surface area (Å²) in [5.74, 6) is 1.56. The summed E-state index contributed by atoms with van der Waals surface area (Å²) in [6, 6.07) is 1.23. The van der Waals surface area contributed by atoms with Gasteiger partial charge in [0.2, 0.25) is 0 Å². The van der Waals surface area contributed by atoms with Crippen molar-refractivity contribution in [2.24, 2.45) is 10.9 Å². The number of nitrogens with one attached hydrogen (secondary N) is 2. The molecule has 2 atom stereocenters. The lowest BCUT2D eigenvalue weighted by Crippen LogP contribution is -2.53. The summed E-state index contributed by atoms with van der Waals surface area (Å²) < 4.78 is 5.58. The monoisotopic (exact) mass is 508 g/mol. The third-order valence-electron chi connectivity index (χ3n) is 6.05. The molecule has 2 saturated carbocycles. The Bertz CT molecular complexity index is 456. The van der Waals surface area contributed by atoms with E-state index in [1.54, 1.807) is 0 Å². The number of aliphatic imine (C=N–C) groups is 1. The molecule has 7 heteroatoms. The molecule has 0 amide bonds. The smallest absolute Gasteiger partial charge is 0.191 e.